The molecule has 0 unspecified atom stereocenters. The summed E-state index contributed by atoms with van der Waals surface area (Å²) in [5.74, 6) is 2.55. The minimum Gasteiger partial charge on any atom is -0.474 e. The maximum atomic E-state index is 13.5. The molecule has 198 valence electrons. The van der Waals surface area contributed by atoms with E-state index >= 15 is 0 Å². The van der Waals surface area contributed by atoms with Gasteiger partial charge in [0.05, 0.1) is 17.7 Å². The lowest BCUT2D eigenvalue weighted by Gasteiger charge is -2.56. The fourth-order valence-corrected chi connectivity index (χ4v) is 7.23. The van der Waals surface area contributed by atoms with Crippen molar-refractivity contribution in [3.63, 3.8) is 0 Å². The van der Waals surface area contributed by atoms with E-state index in [-0.39, 0.29) is 23.5 Å². The number of nitrogens with zero attached hydrogens (tertiary/aromatic N) is 2. The van der Waals surface area contributed by atoms with E-state index in [9.17, 15) is 9.59 Å². The molecule has 8 heteroatoms. The Morgan fingerprint density at radius 1 is 1.22 bits per heavy atom. The maximum absolute atomic E-state index is 13.5. The largest absolute Gasteiger partial charge is 0.474 e. The Morgan fingerprint density at radius 2 is 1.89 bits per heavy atom. The molecule has 5 fully saturated rings. The second-order valence-corrected chi connectivity index (χ2v) is 12.7. The van der Waals surface area contributed by atoms with E-state index in [1.165, 1.54) is 19.3 Å². The summed E-state index contributed by atoms with van der Waals surface area (Å²) < 4.78 is 7.66. The van der Waals surface area contributed by atoms with Crippen LogP contribution in [0, 0.1) is 23.2 Å². The van der Waals surface area contributed by atoms with E-state index in [0.717, 1.165) is 56.4 Å². The zero-order valence-electron chi connectivity index (χ0n) is 22.3. The first kappa shape index (κ1) is 25.3. The Balaban J connectivity index is 1.29. The van der Waals surface area contributed by atoms with Gasteiger partial charge in [-0.2, -0.15) is 5.10 Å². The third-order valence-electron chi connectivity index (χ3n) is 8.65. The van der Waals surface area contributed by atoms with Crippen LogP contribution in [0.15, 0.2) is 12.3 Å². The smallest absolute Gasteiger partial charge is 0.258 e. The van der Waals surface area contributed by atoms with Gasteiger partial charge in [-0.3, -0.25) is 9.59 Å². The summed E-state index contributed by atoms with van der Waals surface area (Å²) in [7, 11) is 0. The van der Waals surface area contributed by atoms with Crippen molar-refractivity contribution in [1.82, 2.24) is 25.7 Å². The van der Waals surface area contributed by atoms with Crippen molar-refractivity contribution in [3.05, 3.63) is 17.8 Å². The molecule has 4 aliphatic carbocycles. The quantitative estimate of drug-likeness (QED) is 0.483. The zero-order chi connectivity index (χ0) is 25.5. The Kier molecular flexibility index (Phi) is 6.92. The van der Waals surface area contributed by atoms with Gasteiger partial charge < -0.3 is 20.7 Å². The number of rotatable bonds is 9. The molecular formula is C28H43N5O3. The highest BCUT2D eigenvalue weighted by Crippen LogP contribution is 2.55. The Morgan fingerprint density at radius 3 is 2.47 bits per heavy atom. The number of hydrogen-bond acceptors (Lipinski definition) is 5. The van der Waals surface area contributed by atoms with Crippen molar-refractivity contribution in [2.45, 2.75) is 96.7 Å². The van der Waals surface area contributed by atoms with Crippen molar-refractivity contribution in [2.75, 3.05) is 13.1 Å². The van der Waals surface area contributed by atoms with E-state index in [1.807, 2.05) is 33.8 Å². The van der Waals surface area contributed by atoms with Gasteiger partial charge in [-0.25, -0.2) is 4.68 Å². The third kappa shape index (κ3) is 5.34. The van der Waals surface area contributed by atoms with Crippen LogP contribution in [0.3, 0.4) is 0 Å². The molecule has 1 aromatic rings. The molecule has 0 aromatic carbocycles. The van der Waals surface area contributed by atoms with Gasteiger partial charge in [0.1, 0.15) is 5.56 Å². The lowest BCUT2D eigenvalue weighted by molar-refractivity contribution is -0.127. The molecule has 0 spiro atoms. The molecule has 3 N–H and O–H groups in total. The minimum atomic E-state index is -0.735. The molecule has 1 saturated heterocycles. The van der Waals surface area contributed by atoms with Crippen molar-refractivity contribution < 1.29 is 14.3 Å². The fourth-order valence-electron chi connectivity index (χ4n) is 7.23. The van der Waals surface area contributed by atoms with Gasteiger partial charge in [-0.15, -0.1) is 0 Å². The van der Waals surface area contributed by atoms with E-state index in [1.54, 1.807) is 17.1 Å². The highest BCUT2D eigenvalue weighted by Gasteiger charge is 2.51. The topological polar surface area (TPSA) is 97.3 Å². The Hall–Kier alpha value is -2.35. The lowest BCUT2D eigenvalue weighted by Crippen LogP contribution is -2.59. The number of carbonyl (C=O) groups is 2. The maximum Gasteiger partial charge on any atom is 0.258 e. The van der Waals surface area contributed by atoms with E-state index < -0.39 is 5.41 Å². The van der Waals surface area contributed by atoms with Crippen LogP contribution in [0.4, 0.5) is 0 Å². The number of hydrogen-bond donors (Lipinski definition) is 3. The summed E-state index contributed by atoms with van der Waals surface area (Å²) in [6.07, 6.45) is 14.6. The normalized spacial score (nSPS) is 31.4. The Bertz CT molecular complexity index is 970. The van der Waals surface area contributed by atoms with Crippen molar-refractivity contribution in [2.24, 2.45) is 23.2 Å². The summed E-state index contributed by atoms with van der Waals surface area (Å²) >= 11 is 0. The molecule has 2 heterocycles. The van der Waals surface area contributed by atoms with Crippen LogP contribution in [-0.2, 0) is 4.79 Å². The van der Waals surface area contributed by atoms with Gasteiger partial charge in [0.15, 0.2) is 0 Å². The average Bonchev–Trinajstić information content (AvgIpc) is 3.44. The summed E-state index contributed by atoms with van der Waals surface area (Å²) in [6.45, 7) is 9.30. The lowest BCUT2D eigenvalue weighted by atomic mass is 9.53. The second kappa shape index (κ2) is 9.84. The summed E-state index contributed by atoms with van der Waals surface area (Å²) in [5.41, 5.74) is -0.354. The predicted octanol–water partition coefficient (Wildman–Crippen LogP) is 3.73. The number of ether oxygens (including phenoxy) is 1. The average molecular weight is 498 g/mol. The first-order valence-corrected chi connectivity index (χ1v) is 13.9. The van der Waals surface area contributed by atoms with Crippen LogP contribution in [0.5, 0.6) is 5.88 Å². The highest BCUT2D eigenvalue weighted by atomic mass is 16.5. The van der Waals surface area contributed by atoms with Crippen molar-refractivity contribution in [3.8, 4) is 5.88 Å². The summed E-state index contributed by atoms with van der Waals surface area (Å²) in [5, 5.41) is 14.4. The van der Waals surface area contributed by atoms with Gasteiger partial charge in [-0.05, 0) is 103 Å². The molecule has 1 aromatic heterocycles. The second-order valence-electron chi connectivity index (χ2n) is 12.7. The molecule has 8 nitrogen and oxygen atoms in total. The SMILES string of the molecule is CC(C)Oc1c(C(=O)NC23CC4CC(CC(C4)C2)C3)cnn1/C=C/C(C)(C)C(=O)NC[C@H]1CCCN1. The molecular weight excluding hydrogens is 454 g/mol. The first-order chi connectivity index (χ1) is 17.1. The Labute approximate surface area is 215 Å². The number of aromatic nitrogens is 2. The first-order valence-electron chi connectivity index (χ1n) is 13.9. The fraction of sp³-hybridized carbons (Fsp3) is 0.750. The van der Waals surface area contributed by atoms with Crippen molar-refractivity contribution in [1.29, 1.82) is 0 Å². The predicted molar refractivity (Wildman–Crippen MR) is 140 cm³/mol. The highest BCUT2D eigenvalue weighted by molar-refractivity contribution is 5.97. The van der Waals surface area contributed by atoms with E-state index in [2.05, 4.69) is 21.0 Å². The van der Waals surface area contributed by atoms with Gasteiger partial charge in [-0.1, -0.05) is 6.08 Å². The molecule has 0 radical (unpaired) electrons. The zero-order valence-corrected chi connectivity index (χ0v) is 22.3. The monoisotopic (exact) mass is 497 g/mol. The minimum absolute atomic E-state index is 0.0364. The molecule has 4 bridgehead atoms. The molecule has 5 aliphatic rings. The molecule has 1 aliphatic heterocycles. The standard InChI is InChI=1S/C28H43N5O3/c1-18(2)36-25-23(24(34)32-28-13-19-10-20(14-28)12-21(11-19)15-28)17-31-33(25)9-7-27(3,4)26(35)30-16-22-6-5-8-29-22/h7,9,17-22,29H,5-6,8,10-16H2,1-4H3,(H,30,35)(H,32,34)/b9-7+/t19?,20?,21?,22-,28?/m1/s1. The van der Waals surface area contributed by atoms with Crippen LogP contribution in [0.1, 0.15) is 89.4 Å². The molecule has 36 heavy (non-hydrogen) atoms. The number of carbonyl (C=O) groups excluding carboxylic acids is 2. The van der Waals surface area contributed by atoms with E-state index in [0.29, 0.717) is 24.0 Å². The van der Waals surface area contributed by atoms with Crippen LogP contribution in [0.2, 0.25) is 0 Å². The van der Waals surface area contributed by atoms with Gasteiger partial charge >= 0.3 is 0 Å². The van der Waals surface area contributed by atoms with Crippen LogP contribution < -0.4 is 20.7 Å². The van der Waals surface area contributed by atoms with Gasteiger partial charge in [0.25, 0.3) is 5.91 Å². The van der Waals surface area contributed by atoms with Gasteiger partial charge in [0, 0.05) is 24.3 Å². The third-order valence-corrected chi connectivity index (χ3v) is 8.65. The van der Waals surface area contributed by atoms with Crippen LogP contribution in [-0.4, -0.2) is 52.4 Å². The number of nitrogens with one attached hydrogen (secondary N) is 3. The van der Waals surface area contributed by atoms with Crippen LogP contribution >= 0.6 is 0 Å². The van der Waals surface area contributed by atoms with Crippen molar-refractivity contribution >= 4 is 18.0 Å². The summed E-state index contributed by atoms with van der Waals surface area (Å²) in [6, 6.07) is 0.348. The van der Waals surface area contributed by atoms with Crippen LogP contribution in [0.25, 0.3) is 6.20 Å². The summed E-state index contributed by atoms with van der Waals surface area (Å²) in [4.78, 5) is 26.4. The van der Waals surface area contributed by atoms with Gasteiger partial charge in [0.2, 0.25) is 11.8 Å². The molecule has 6 rings (SSSR count). The van der Waals surface area contributed by atoms with E-state index in [4.69, 9.17) is 4.74 Å². The molecule has 1 atom stereocenters. The molecule has 4 saturated carbocycles. The number of amides is 2. The molecule has 2 amide bonds.